The van der Waals surface area contributed by atoms with Crippen molar-refractivity contribution >= 4 is 17.6 Å². The molecule has 2 aromatic rings. The highest BCUT2D eigenvalue weighted by atomic mass is 16.5. The largest absolute Gasteiger partial charge is 0.493 e. The molecule has 0 bridgehead atoms. The van der Waals surface area contributed by atoms with Gasteiger partial charge in [-0.2, -0.15) is 5.10 Å². The zero-order valence-electron chi connectivity index (χ0n) is 11.2. The Labute approximate surface area is 118 Å². The van der Waals surface area contributed by atoms with E-state index in [1.165, 1.54) is 32.7 Å². The van der Waals surface area contributed by atoms with Gasteiger partial charge >= 0.3 is 5.97 Å². The minimum atomic E-state index is -1.22. The van der Waals surface area contributed by atoms with Gasteiger partial charge in [0.1, 0.15) is 6.33 Å². The van der Waals surface area contributed by atoms with Crippen molar-refractivity contribution in [2.45, 2.75) is 0 Å². The summed E-state index contributed by atoms with van der Waals surface area (Å²) in [5, 5.41) is 17.6. The normalized spacial score (nSPS) is 10.0. The van der Waals surface area contributed by atoms with Gasteiger partial charge in [-0.25, -0.2) is 9.78 Å². The van der Waals surface area contributed by atoms with Gasteiger partial charge in [-0.05, 0) is 0 Å². The van der Waals surface area contributed by atoms with Crippen LogP contribution >= 0.6 is 0 Å². The molecule has 110 valence electrons. The Morgan fingerprint density at radius 1 is 1.24 bits per heavy atom. The lowest BCUT2D eigenvalue weighted by molar-refractivity contribution is 0.0697. The van der Waals surface area contributed by atoms with Crippen LogP contribution in [0.25, 0.3) is 0 Å². The van der Waals surface area contributed by atoms with Gasteiger partial charge in [-0.1, -0.05) is 0 Å². The van der Waals surface area contributed by atoms with Crippen LogP contribution in [0, 0.1) is 0 Å². The van der Waals surface area contributed by atoms with Crippen LogP contribution in [-0.4, -0.2) is 46.4 Å². The topological polar surface area (TPSA) is 126 Å². The molecule has 0 spiro atoms. The fraction of sp³-hybridized carbons (Fsp3) is 0.167. The summed E-state index contributed by atoms with van der Waals surface area (Å²) in [6.07, 6.45) is 1.17. The van der Waals surface area contributed by atoms with Crippen molar-refractivity contribution in [1.82, 2.24) is 15.2 Å². The summed E-state index contributed by atoms with van der Waals surface area (Å²) < 4.78 is 10.1. The molecular weight excluding hydrogens is 280 g/mol. The summed E-state index contributed by atoms with van der Waals surface area (Å²) in [5.41, 5.74) is -0.0814. The quantitative estimate of drug-likeness (QED) is 0.742. The number of nitrogens with one attached hydrogen (secondary N) is 2. The number of carboxylic acid groups (broad SMARTS) is 1. The van der Waals surface area contributed by atoms with Crippen molar-refractivity contribution in [3.63, 3.8) is 0 Å². The number of carboxylic acids is 1. The zero-order chi connectivity index (χ0) is 15.4. The molecule has 0 fully saturated rings. The Bertz CT molecular complexity index is 669. The van der Waals surface area contributed by atoms with E-state index in [0.29, 0.717) is 0 Å². The number of aromatic amines is 1. The highest BCUT2D eigenvalue weighted by Gasteiger charge is 2.19. The predicted molar refractivity (Wildman–Crippen MR) is 70.8 cm³/mol. The summed E-state index contributed by atoms with van der Waals surface area (Å²) in [4.78, 5) is 26.8. The van der Waals surface area contributed by atoms with Crippen LogP contribution in [-0.2, 0) is 0 Å². The highest BCUT2D eigenvalue weighted by Crippen LogP contribution is 2.33. The fourth-order valence-electron chi connectivity index (χ4n) is 1.66. The zero-order valence-corrected chi connectivity index (χ0v) is 11.2. The van der Waals surface area contributed by atoms with Gasteiger partial charge in [-0.15, -0.1) is 0 Å². The lowest BCUT2D eigenvalue weighted by Crippen LogP contribution is -2.16. The van der Waals surface area contributed by atoms with Gasteiger partial charge < -0.3 is 19.9 Å². The first-order valence-electron chi connectivity index (χ1n) is 5.72. The molecule has 21 heavy (non-hydrogen) atoms. The number of ether oxygens (including phenoxy) is 2. The number of methoxy groups -OCH3 is 2. The predicted octanol–water partition coefficient (Wildman–Crippen LogP) is 0.772. The minimum Gasteiger partial charge on any atom is -0.493 e. The van der Waals surface area contributed by atoms with Crippen molar-refractivity contribution in [3.05, 3.63) is 29.8 Å². The third-order valence-corrected chi connectivity index (χ3v) is 2.63. The number of H-pyrrole nitrogens is 1. The number of benzene rings is 1. The highest BCUT2D eigenvalue weighted by molar-refractivity contribution is 6.06. The summed E-state index contributed by atoms with van der Waals surface area (Å²) in [5.74, 6) is -1.35. The van der Waals surface area contributed by atoms with E-state index in [1.807, 2.05) is 0 Å². The average Bonchev–Trinajstić information content (AvgIpc) is 3.00. The molecule has 1 amide bonds. The molecule has 0 saturated heterocycles. The summed E-state index contributed by atoms with van der Waals surface area (Å²) in [7, 11) is 2.79. The van der Waals surface area contributed by atoms with E-state index < -0.39 is 11.9 Å². The van der Waals surface area contributed by atoms with E-state index in [1.54, 1.807) is 0 Å². The molecule has 3 N–H and O–H groups in total. The smallest absolute Gasteiger partial charge is 0.337 e. The number of hydrogen-bond acceptors (Lipinski definition) is 6. The second-order valence-electron chi connectivity index (χ2n) is 3.85. The lowest BCUT2D eigenvalue weighted by Gasteiger charge is -2.13. The van der Waals surface area contributed by atoms with Crippen LogP contribution < -0.4 is 14.8 Å². The molecule has 1 heterocycles. The van der Waals surface area contributed by atoms with Crippen molar-refractivity contribution in [2.24, 2.45) is 0 Å². The maximum Gasteiger partial charge on any atom is 0.337 e. The molecule has 1 aromatic carbocycles. The molecule has 0 saturated carbocycles. The van der Waals surface area contributed by atoms with Crippen molar-refractivity contribution < 1.29 is 24.2 Å². The molecule has 1 aromatic heterocycles. The Morgan fingerprint density at radius 2 is 1.90 bits per heavy atom. The van der Waals surface area contributed by atoms with E-state index in [0.717, 1.165) is 0 Å². The molecule has 9 nitrogen and oxygen atoms in total. The van der Waals surface area contributed by atoms with E-state index in [-0.39, 0.29) is 28.6 Å². The van der Waals surface area contributed by atoms with E-state index in [4.69, 9.17) is 9.47 Å². The maximum atomic E-state index is 11.9. The third kappa shape index (κ3) is 2.91. The first-order chi connectivity index (χ1) is 10.1. The number of carbonyl (C=O) groups is 2. The Kier molecular flexibility index (Phi) is 4.02. The van der Waals surface area contributed by atoms with Crippen LogP contribution in [0.15, 0.2) is 18.5 Å². The maximum absolute atomic E-state index is 11.9. The number of aromatic nitrogens is 3. The van der Waals surface area contributed by atoms with Crippen LogP contribution in [0.3, 0.4) is 0 Å². The van der Waals surface area contributed by atoms with E-state index in [2.05, 4.69) is 20.5 Å². The van der Waals surface area contributed by atoms with Gasteiger partial charge in [0, 0.05) is 12.1 Å². The lowest BCUT2D eigenvalue weighted by atomic mass is 10.1. The number of amides is 1. The van der Waals surface area contributed by atoms with Gasteiger partial charge in [0.25, 0.3) is 5.91 Å². The van der Waals surface area contributed by atoms with E-state index >= 15 is 0 Å². The van der Waals surface area contributed by atoms with Gasteiger partial charge in [0.2, 0.25) is 5.82 Å². The summed E-state index contributed by atoms with van der Waals surface area (Å²) in [6.45, 7) is 0. The number of aromatic carboxylic acids is 1. The first-order valence-corrected chi connectivity index (χ1v) is 5.72. The number of carbonyl (C=O) groups excluding carboxylic acids is 1. The first kappa shape index (κ1) is 14.3. The molecule has 0 aliphatic carbocycles. The number of nitrogens with zero attached hydrogens (tertiary/aromatic N) is 2. The average molecular weight is 292 g/mol. The molecule has 9 heteroatoms. The van der Waals surface area contributed by atoms with E-state index in [9.17, 15) is 14.7 Å². The molecule has 0 atom stereocenters. The Balaban J connectivity index is 2.41. The monoisotopic (exact) mass is 292 g/mol. The molecule has 0 unspecified atom stereocenters. The van der Waals surface area contributed by atoms with Crippen LogP contribution in [0.2, 0.25) is 0 Å². The second kappa shape index (κ2) is 5.90. The van der Waals surface area contributed by atoms with Gasteiger partial charge in [0.15, 0.2) is 11.5 Å². The molecule has 0 radical (unpaired) electrons. The van der Waals surface area contributed by atoms with Crippen LogP contribution in [0.1, 0.15) is 21.0 Å². The fourth-order valence-corrected chi connectivity index (χ4v) is 1.66. The Hall–Kier alpha value is -3.10. The SMILES string of the molecule is COc1cc(NC(=O)c2ncn[nH]2)c(C(=O)O)cc1OC. The Morgan fingerprint density at radius 3 is 2.43 bits per heavy atom. The van der Waals surface area contributed by atoms with Crippen LogP contribution in [0.5, 0.6) is 11.5 Å². The van der Waals surface area contributed by atoms with Gasteiger partial charge in [-0.3, -0.25) is 9.89 Å². The number of anilines is 1. The van der Waals surface area contributed by atoms with Crippen molar-refractivity contribution in [3.8, 4) is 11.5 Å². The van der Waals surface area contributed by atoms with Crippen molar-refractivity contribution in [2.75, 3.05) is 19.5 Å². The van der Waals surface area contributed by atoms with Crippen molar-refractivity contribution in [1.29, 1.82) is 0 Å². The minimum absolute atomic E-state index is 0.0406. The number of hydrogen-bond donors (Lipinski definition) is 3. The molecule has 0 aliphatic heterocycles. The molecule has 2 rings (SSSR count). The summed E-state index contributed by atoms with van der Waals surface area (Å²) in [6, 6.07) is 2.62. The number of rotatable bonds is 5. The second-order valence-corrected chi connectivity index (χ2v) is 3.85. The third-order valence-electron chi connectivity index (χ3n) is 2.63. The molecular formula is C12H12N4O5. The van der Waals surface area contributed by atoms with Gasteiger partial charge in [0.05, 0.1) is 25.5 Å². The molecule has 0 aliphatic rings. The standard InChI is InChI=1S/C12H12N4O5/c1-20-8-3-6(12(18)19)7(4-9(8)21-2)15-11(17)10-13-5-14-16-10/h3-5H,1-2H3,(H,15,17)(H,18,19)(H,13,14,16). The summed E-state index contributed by atoms with van der Waals surface area (Å²) >= 11 is 0. The van der Waals surface area contributed by atoms with Crippen LogP contribution in [0.4, 0.5) is 5.69 Å².